The third kappa shape index (κ3) is 3.79. The molecule has 1 aliphatic rings. The van der Waals surface area contributed by atoms with Crippen molar-refractivity contribution in [2.45, 2.75) is 40.0 Å². The van der Waals surface area contributed by atoms with Crippen molar-refractivity contribution in [3.63, 3.8) is 0 Å². The number of rotatable bonds is 1. The highest BCUT2D eigenvalue weighted by molar-refractivity contribution is 6.36. The summed E-state index contributed by atoms with van der Waals surface area (Å²) in [6.07, 6.45) is 3.87. The molecular weight excluding hydrogens is 253 g/mol. The van der Waals surface area contributed by atoms with Crippen LogP contribution >= 0.6 is 23.2 Å². The number of piperidine rings is 1. The maximum Gasteiger partial charge on any atom is 0.0470 e. The minimum absolute atomic E-state index is 0.767. The second-order valence-corrected chi connectivity index (χ2v) is 4.90. The van der Waals surface area contributed by atoms with Gasteiger partial charge in [-0.2, -0.15) is 0 Å². The fourth-order valence-electron chi connectivity index (χ4n) is 1.97. The molecule has 1 heterocycles. The van der Waals surface area contributed by atoms with Gasteiger partial charge < -0.3 is 4.90 Å². The summed E-state index contributed by atoms with van der Waals surface area (Å²) in [5.74, 6) is 0. The monoisotopic (exact) mass is 273 g/mol. The highest BCUT2D eigenvalue weighted by atomic mass is 35.5. The molecule has 2 rings (SSSR count). The largest absolute Gasteiger partial charge is 0.371 e. The van der Waals surface area contributed by atoms with Crippen LogP contribution in [0.4, 0.5) is 5.69 Å². The molecule has 1 saturated heterocycles. The molecule has 1 aromatic rings. The molecule has 1 nitrogen and oxygen atoms in total. The van der Waals surface area contributed by atoms with Gasteiger partial charge in [0.2, 0.25) is 0 Å². The van der Waals surface area contributed by atoms with E-state index in [9.17, 15) is 0 Å². The maximum atomic E-state index is 6.13. The Labute approximate surface area is 115 Å². The lowest BCUT2D eigenvalue weighted by Gasteiger charge is -2.29. The van der Waals surface area contributed by atoms with Crippen molar-refractivity contribution in [2.24, 2.45) is 0 Å². The van der Waals surface area contributed by atoms with Crippen molar-refractivity contribution < 1.29 is 0 Å². The average Bonchev–Trinajstić information content (AvgIpc) is 2.39. The summed E-state index contributed by atoms with van der Waals surface area (Å²) < 4.78 is 0. The normalized spacial score (nSPS) is 15.2. The molecule has 0 spiro atoms. The van der Waals surface area contributed by atoms with Crippen molar-refractivity contribution in [1.29, 1.82) is 0 Å². The number of hydrogen-bond acceptors (Lipinski definition) is 1. The molecule has 96 valence electrons. The van der Waals surface area contributed by atoms with Gasteiger partial charge in [0.25, 0.3) is 0 Å². The highest BCUT2D eigenvalue weighted by Crippen LogP contribution is 2.31. The first-order chi connectivity index (χ1) is 8.18. The third-order valence-corrected chi connectivity index (χ3v) is 3.77. The zero-order chi connectivity index (χ0) is 12.8. The van der Waals surface area contributed by atoms with Gasteiger partial charge in [0, 0.05) is 28.8 Å². The second kappa shape index (κ2) is 7.13. The summed E-state index contributed by atoms with van der Waals surface area (Å²) in [6.45, 7) is 8.19. The molecule has 0 N–H and O–H groups in total. The first kappa shape index (κ1) is 14.7. The quantitative estimate of drug-likeness (QED) is 0.670. The van der Waals surface area contributed by atoms with Crippen molar-refractivity contribution in [2.75, 3.05) is 18.0 Å². The minimum atomic E-state index is 0.767. The first-order valence-electron chi connectivity index (χ1n) is 6.39. The summed E-state index contributed by atoms with van der Waals surface area (Å²) in [4.78, 5) is 2.36. The lowest BCUT2D eigenvalue weighted by Crippen LogP contribution is -2.29. The van der Waals surface area contributed by atoms with Gasteiger partial charge in [0.15, 0.2) is 0 Å². The Morgan fingerprint density at radius 3 is 1.88 bits per heavy atom. The Kier molecular flexibility index (Phi) is 6.15. The van der Waals surface area contributed by atoms with Gasteiger partial charge in [-0.25, -0.2) is 0 Å². The van der Waals surface area contributed by atoms with Crippen molar-refractivity contribution in [3.05, 3.63) is 27.7 Å². The van der Waals surface area contributed by atoms with E-state index in [0.717, 1.165) is 34.4 Å². The molecule has 0 aromatic heterocycles. The van der Waals surface area contributed by atoms with Gasteiger partial charge in [-0.15, -0.1) is 0 Å². The fourth-order valence-corrected chi connectivity index (χ4v) is 2.44. The fraction of sp³-hybridized carbons (Fsp3) is 0.571. The molecule has 0 atom stereocenters. The number of benzene rings is 1. The van der Waals surface area contributed by atoms with E-state index in [1.165, 1.54) is 19.3 Å². The Morgan fingerprint density at radius 1 is 0.941 bits per heavy atom. The Balaban J connectivity index is 0.000000686. The summed E-state index contributed by atoms with van der Waals surface area (Å²) >= 11 is 12.3. The van der Waals surface area contributed by atoms with E-state index in [0.29, 0.717) is 0 Å². The first-order valence-corrected chi connectivity index (χ1v) is 7.14. The van der Waals surface area contributed by atoms with Crippen LogP contribution in [-0.4, -0.2) is 13.1 Å². The SMILES string of the molecule is CC.Cc1c(Cl)cc(N2CCCCC2)cc1Cl. The second-order valence-electron chi connectivity index (χ2n) is 4.08. The van der Waals surface area contributed by atoms with Crippen LogP contribution in [0, 0.1) is 6.92 Å². The molecule has 0 bridgehead atoms. The molecule has 0 saturated carbocycles. The zero-order valence-electron chi connectivity index (χ0n) is 10.9. The van der Waals surface area contributed by atoms with E-state index < -0.39 is 0 Å². The van der Waals surface area contributed by atoms with E-state index in [1.54, 1.807) is 0 Å². The molecule has 0 radical (unpaired) electrons. The maximum absolute atomic E-state index is 6.13. The summed E-state index contributed by atoms with van der Waals surface area (Å²) in [6, 6.07) is 4.04. The average molecular weight is 274 g/mol. The van der Waals surface area contributed by atoms with Gasteiger partial charge in [0.05, 0.1) is 0 Å². The molecule has 1 fully saturated rings. The minimum Gasteiger partial charge on any atom is -0.371 e. The Bertz CT molecular complexity index is 334. The van der Waals surface area contributed by atoms with E-state index in [-0.39, 0.29) is 0 Å². The predicted octanol–water partition coefficient (Wildman–Crippen LogP) is 5.32. The topological polar surface area (TPSA) is 3.24 Å². The van der Waals surface area contributed by atoms with Crippen LogP contribution in [0.1, 0.15) is 38.7 Å². The molecule has 1 aliphatic heterocycles. The Hall–Kier alpha value is -0.400. The molecule has 0 amide bonds. The number of anilines is 1. The molecule has 0 unspecified atom stereocenters. The van der Waals surface area contributed by atoms with Crippen LogP contribution in [0.15, 0.2) is 12.1 Å². The van der Waals surface area contributed by atoms with Crippen molar-refractivity contribution >= 4 is 28.9 Å². The zero-order valence-corrected chi connectivity index (χ0v) is 12.4. The summed E-state index contributed by atoms with van der Waals surface area (Å²) in [5.41, 5.74) is 2.13. The lowest BCUT2D eigenvalue weighted by atomic mass is 10.1. The van der Waals surface area contributed by atoms with Gasteiger partial charge >= 0.3 is 0 Å². The molecule has 1 aromatic carbocycles. The predicted molar refractivity (Wildman–Crippen MR) is 78.6 cm³/mol. The van der Waals surface area contributed by atoms with Gasteiger partial charge in [-0.05, 0) is 43.9 Å². The highest BCUT2D eigenvalue weighted by Gasteiger charge is 2.13. The van der Waals surface area contributed by atoms with Crippen LogP contribution in [0.3, 0.4) is 0 Å². The molecule has 0 aliphatic carbocycles. The van der Waals surface area contributed by atoms with E-state index in [2.05, 4.69) is 4.90 Å². The summed E-state index contributed by atoms with van der Waals surface area (Å²) in [5, 5.41) is 1.53. The molecule has 17 heavy (non-hydrogen) atoms. The van der Waals surface area contributed by atoms with Gasteiger partial charge in [-0.3, -0.25) is 0 Å². The van der Waals surface area contributed by atoms with Crippen LogP contribution < -0.4 is 4.90 Å². The number of hydrogen-bond donors (Lipinski definition) is 0. The van der Waals surface area contributed by atoms with Crippen molar-refractivity contribution in [1.82, 2.24) is 0 Å². The third-order valence-electron chi connectivity index (χ3n) is 2.99. The summed E-state index contributed by atoms with van der Waals surface area (Å²) in [7, 11) is 0. The number of nitrogens with zero attached hydrogens (tertiary/aromatic N) is 1. The van der Waals surface area contributed by atoms with Crippen LogP contribution in [0.2, 0.25) is 10.0 Å². The standard InChI is InChI=1S/C12H15Cl2N.C2H6/c1-9-11(13)7-10(8-12(9)14)15-5-3-2-4-6-15;1-2/h7-8H,2-6H2,1H3;1-2H3. The van der Waals surface area contributed by atoms with E-state index >= 15 is 0 Å². The molecule has 3 heteroatoms. The Morgan fingerprint density at radius 2 is 1.41 bits per heavy atom. The van der Waals surface area contributed by atoms with Gasteiger partial charge in [-0.1, -0.05) is 37.0 Å². The van der Waals surface area contributed by atoms with E-state index in [4.69, 9.17) is 23.2 Å². The van der Waals surface area contributed by atoms with Crippen LogP contribution in [0.5, 0.6) is 0 Å². The van der Waals surface area contributed by atoms with Crippen LogP contribution in [-0.2, 0) is 0 Å². The van der Waals surface area contributed by atoms with Crippen molar-refractivity contribution in [3.8, 4) is 0 Å². The van der Waals surface area contributed by atoms with Gasteiger partial charge in [0.1, 0.15) is 0 Å². The lowest BCUT2D eigenvalue weighted by molar-refractivity contribution is 0.578. The smallest absolute Gasteiger partial charge is 0.0470 e. The molecular formula is C14H21Cl2N. The van der Waals surface area contributed by atoms with Crippen LogP contribution in [0.25, 0.3) is 0 Å². The van der Waals surface area contributed by atoms with E-state index in [1.807, 2.05) is 32.9 Å². The number of halogens is 2.